The zero-order valence-electron chi connectivity index (χ0n) is 16.5. The average Bonchev–Trinajstić information content (AvgIpc) is 3.44. The zero-order chi connectivity index (χ0) is 20.7. The van der Waals surface area contributed by atoms with Crippen molar-refractivity contribution in [1.29, 1.82) is 0 Å². The van der Waals surface area contributed by atoms with Crippen molar-refractivity contribution >= 4 is 28.3 Å². The van der Waals surface area contributed by atoms with E-state index in [1.807, 2.05) is 48.1 Å². The molecule has 0 amide bonds. The lowest BCUT2D eigenvalue weighted by Crippen LogP contribution is -2.04. The number of aromatic nitrogens is 6. The molecule has 0 spiro atoms. The summed E-state index contributed by atoms with van der Waals surface area (Å²) in [6.45, 7) is 3.45. The predicted octanol–water partition coefficient (Wildman–Crippen LogP) is 3.94. The number of nitrogens with zero attached hydrogens (tertiary/aromatic N) is 6. The molecule has 7 nitrogen and oxygen atoms in total. The molecular weight excluding hydrogens is 400 g/mol. The topological polar surface area (TPSA) is 73.2 Å². The number of aliphatic hydroxyl groups is 1. The first kappa shape index (κ1) is 18.8. The first-order valence-electron chi connectivity index (χ1n) is 9.87. The van der Waals surface area contributed by atoms with E-state index in [2.05, 4.69) is 37.4 Å². The van der Waals surface area contributed by atoms with Crippen molar-refractivity contribution in [3.8, 4) is 11.4 Å². The SMILES string of the molecule is Cc1nnc2ccc3c(cc(-c4ccn(CCCO)n4)n3Cc3cccc(Cl)c3)n12. The number of aliphatic hydroxyl groups excluding tert-OH is 1. The Hall–Kier alpha value is -3.16. The van der Waals surface area contributed by atoms with E-state index in [0.717, 1.165) is 44.5 Å². The molecule has 1 aromatic carbocycles. The second-order valence-electron chi connectivity index (χ2n) is 7.33. The lowest BCUT2D eigenvalue weighted by Gasteiger charge is -2.10. The number of halogens is 1. The summed E-state index contributed by atoms with van der Waals surface area (Å²) in [5.74, 6) is 0.843. The minimum atomic E-state index is 0.148. The van der Waals surface area contributed by atoms with Gasteiger partial charge in [-0.05, 0) is 55.3 Å². The minimum absolute atomic E-state index is 0.148. The van der Waals surface area contributed by atoms with Crippen LogP contribution in [0, 0.1) is 6.92 Å². The number of benzene rings is 1. The van der Waals surface area contributed by atoms with Crippen LogP contribution in [-0.2, 0) is 13.1 Å². The second-order valence-corrected chi connectivity index (χ2v) is 7.77. The maximum absolute atomic E-state index is 9.11. The first-order chi connectivity index (χ1) is 14.6. The van der Waals surface area contributed by atoms with Crippen molar-refractivity contribution in [3.63, 3.8) is 0 Å². The molecule has 4 heterocycles. The fourth-order valence-corrected chi connectivity index (χ4v) is 4.11. The van der Waals surface area contributed by atoms with E-state index in [4.69, 9.17) is 21.8 Å². The molecule has 0 saturated carbocycles. The number of hydrogen-bond donors (Lipinski definition) is 1. The van der Waals surface area contributed by atoms with Crippen molar-refractivity contribution in [1.82, 2.24) is 28.9 Å². The molecule has 0 aliphatic carbocycles. The van der Waals surface area contributed by atoms with Gasteiger partial charge in [-0.15, -0.1) is 10.2 Å². The minimum Gasteiger partial charge on any atom is -0.396 e. The highest BCUT2D eigenvalue weighted by Crippen LogP contribution is 2.30. The molecule has 0 bridgehead atoms. The van der Waals surface area contributed by atoms with Crippen molar-refractivity contribution in [2.45, 2.75) is 26.4 Å². The van der Waals surface area contributed by atoms with Crippen LogP contribution in [0.15, 0.2) is 54.7 Å². The quantitative estimate of drug-likeness (QED) is 0.451. The predicted molar refractivity (Wildman–Crippen MR) is 117 cm³/mol. The van der Waals surface area contributed by atoms with Crippen molar-refractivity contribution in [3.05, 3.63) is 71.1 Å². The van der Waals surface area contributed by atoms with E-state index in [1.54, 1.807) is 0 Å². The van der Waals surface area contributed by atoms with Gasteiger partial charge < -0.3 is 9.67 Å². The summed E-state index contributed by atoms with van der Waals surface area (Å²) in [6, 6.07) is 16.1. The highest BCUT2D eigenvalue weighted by Gasteiger charge is 2.17. The van der Waals surface area contributed by atoms with Crippen molar-refractivity contribution in [2.24, 2.45) is 0 Å². The molecule has 4 aromatic heterocycles. The Labute approximate surface area is 178 Å². The highest BCUT2D eigenvalue weighted by molar-refractivity contribution is 6.30. The van der Waals surface area contributed by atoms with Gasteiger partial charge in [-0.2, -0.15) is 5.10 Å². The zero-order valence-corrected chi connectivity index (χ0v) is 17.3. The molecular formula is C22H21ClN6O. The first-order valence-corrected chi connectivity index (χ1v) is 10.2. The fraction of sp³-hybridized carbons (Fsp3) is 0.227. The Kier molecular flexibility index (Phi) is 4.77. The summed E-state index contributed by atoms with van der Waals surface area (Å²) in [6.07, 6.45) is 2.62. The molecule has 1 N–H and O–H groups in total. The van der Waals surface area contributed by atoms with Crippen LogP contribution in [0.2, 0.25) is 5.02 Å². The Morgan fingerprint density at radius 2 is 1.93 bits per heavy atom. The van der Waals surface area contributed by atoms with Gasteiger partial charge in [0.2, 0.25) is 0 Å². The van der Waals surface area contributed by atoms with Gasteiger partial charge in [0.1, 0.15) is 11.5 Å². The average molecular weight is 421 g/mol. The summed E-state index contributed by atoms with van der Waals surface area (Å²) in [7, 11) is 0. The van der Waals surface area contributed by atoms with Gasteiger partial charge in [-0.25, -0.2) is 0 Å². The number of rotatable bonds is 6. The normalized spacial score (nSPS) is 11.7. The maximum Gasteiger partial charge on any atom is 0.161 e. The van der Waals surface area contributed by atoms with E-state index >= 15 is 0 Å². The van der Waals surface area contributed by atoms with Gasteiger partial charge in [0, 0.05) is 30.9 Å². The Morgan fingerprint density at radius 1 is 1.03 bits per heavy atom. The largest absolute Gasteiger partial charge is 0.396 e. The number of aryl methyl sites for hydroxylation is 2. The van der Waals surface area contributed by atoms with E-state index in [0.29, 0.717) is 19.5 Å². The monoisotopic (exact) mass is 420 g/mol. The molecule has 8 heteroatoms. The highest BCUT2D eigenvalue weighted by atomic mass is 35.5. The van der Waals surface area contributed by atoms with Crippen LogP contribution in [0.1, 0.15) is 17.8 Å². The smallest absolute Gasteiger partial charge is 0.161 e. The molecule has 0 aliphatic rings. The standard InChI is InChI=1S/C22H21ClN6O/c1-15-24-25-22-7-6-19-21(29(15)22)13-20(18-8-10-27(26-18)9-3-11-30)28(19)14-16-4-2-5-17(23)12-16/h2,4-8,10,12-13,30H,3,9,11,14H2,1H3. The third kappa shape index (κ3) is 3.26. The Morgan fingerprint density at radius 3 is 2.77 bits per heavy atom. The molecule has 5 aromatic rings. The molecule has 0 saturated heterocycles. The van der Waals surface area contributed by atoms with Crippen LogP contribution >= 0.6 is 11.6 Å². The van der Waals surface area contributed by atoms with E-state index in [1.165, 1.54) is 0 Å². The van der Waals surface area contributed by atoms with Crippen molar-refractivity contribution in [2.75, 3.05) is 6.61 Å². The molecule has 0 radical (unpaired) electrons. The second kappa shape index (κ2) is 7.59. The summed E-state index contributed by atoms with van der Waals surface area (Å²) < 4.78 is 6.18. The van der Waals surface area contributed by atoms with E-state index in [-0.39, 0.29) is 6.61 Å². The molecule has 0 fully saturated rings. The molecule has 0 unspecified atom stereocenters. The van der Waals surface area contributed by atoms with Crippen LogP contribution in [0.25, 0.3) is 28.1 Å². The van der Waals surface area contributed by atoms with Crippen LogP contribution in [0.4, 0.5) is 0 Å². The fourth-order valence-electron chi connectivity index (χ4n) is 3.90. The van der Waals surface area contributed by atoms with Gasteiger partial charge in [0.15, 0.2) is 5.65 Å². The Bertz CT molecular complexity index is 1350. The number of pyridine rings is 1. The molecule has 152 valence electrons. The molecule has 0 atom stereocenters. The van der Waals surface area contributed by atoms with Gasteiger partial charge in [0.05, 0.1) is 16.7 Å². The maximum atomic E-state index is 9.11. The summed E-state index contributed by atoms with van der Waals surface area (Å²) in [4.78, 5) is 0. The van der Waals surface area contributed by atoms with Crippen molar-refractivity contribution < 1.29 is 5.11 Å². The van der Waals surface area contributed by atoms with Gasteiger partial charge in [-0.1, -0.05) is 23.7 Å². The van der Waals surface area contributed by atoms with Gasteiger partial charge in [-0.3, -0.25) is 9.08 Å². The molecule has 30 heavy (non-hydrogen) atoms. The third-order valence-electron chi connectivity index (χ3n) is 5.28. The lowest BCUT2D eigenvalue weighted by atomic mass is 10.2. The molecule has 5 rings (SSSR count). The van der Waals surface area contributed by atoms with E-state index < -0.39 is 0 Å². The van der Waals surface area contributed by atoms with Gasteiger partial charge in [0.25, 0.3) is 0 Å². The summed E-state index contributed by atoms with van der Waals surface area (Å²) in [5, 5.41) is 23.1. The molecule has 0 aliphatic heterocycles. The summed E-state index contributed by atoms with van der Waals surface area (Å²) in [5.41, 5.74) is 5.93. The van der Waals surface area contributed by atoms with Crippen LogP contribution in [0.5, 0.6) is 0 Å². The van der Waals surface area contributed by atoms with Crippen LogP contribution < -0.4 is 0 Å². The lowest BCUT2D eigenvalue weighted by molar-refractivity contribution is 0.277. The third-order valence-corrected chi connectivity index (χ3v) is 5.51. The van der Waals surface area contributed by atoms with Crippen LogP contribution in [0.3, 0.4) is 0 Å². The number of fused-ring (bicyclic) bond motifs is 3. The van der Waals surface area contributed by atoms with E-state index in [9.17, 15) is 0 Å². The van der Waals surface area contributed by atoms with Gasteiger partial charge >= 0.3 is 0 Å². The number of hydrogen-bond acceptors (Lipinski definition) is 4. The summed E-state index contributed by atoms with van der Waals surface area (Å²) >= 11 is 6.23. The Balaban J connectivity index is 1.70. The van der Waals surface area contributed by atoms with Crippen LogP contribution in [-0.4, -0.2) is 40.7 Å².